The third-order valence-corrected chi connectivity index (χ3v) is 4.82. The van der Waals surface area contributed by atoms with E-state index in [0.717, 1.165) is 18.2 Å². The van der Waals surface area contributed by atoms with E-state index in [1.165, 1.54) is 49.0 Å². The Morgan fingerprint density at radius 2 is 1.73 bits per heavy atom. The molecule has 1 fully saturated rings. The van der Waals surface area contributed by atoms with Gasteiger partial charge in [-0.05, 0) is 68.0 Å². The van der Waals surface area contributed by atoms with E-state index in [1.807, 2.05) is 0 Å². The lowest BCUT2D eigenvalue weighted by Crippen LogP contribution is -2.33. The van der Waals surface area contributed by atoms with Crippen LogP contribution in [-0.4, -0.2) is 18.0 Å². The number of nitrogens with two attached hydrogens (primary N) is 1. The number of benzene rings is 2. The van der Waals surface area contributed by atoms with Crippen molar-refractivity contribution < 1.29 is 0 Å². The molecular formula is C20H26N2. The summed E-state index contributed by atoms with van der Waals surface area (Å²) in [5, 5.41) is 0. The van der Waals surface area contributed by atoms with Gasteiger partial charge in [0.2, 0.25) is 0 Å². The molecule has 1 heterocycles. The molecule has 2 aromatic rings. The van der Waals surface area contributed by atoms with E-state index in [1.54, 1.807) is 0 Å². The van der Waals surface area contributed by atoms with Crippen molar-refractivity contribution in [1.29, 1.82) is 0 Å². The molecule has 0 atom stereocenters. The Morgan fingerprint density at radius 1 is 1.00 bits per heavy atom. The first-order valence-electron chi connectivity index (χ1n) is 8.32. The van der Waals surface area contributed by atoms with Gasteiger partial charge in [-0.2, -0.15) is 0 Å². The van der Waals surface area contributed by atoms with Crippen LogP contribution in [0.3, 0.4) is 0 Å². The second kappa shape index (κ2) is 6.97. The highest BCUT2D eigenvalue weighted by Gasteiger charge is 2.19. The minimum Gasteiger partial charge on any atom is -0.399 e. The Hall–Kier alpha value is -1.80. The van der Waals surface area contributed by atoms with Crippen LogP contribution in [0.15, 0.2) is 48.5 Å². The summed E-state index contributed by atoms with van der Waals surface area (Å²) >= 11 is 0. The SMILES string of the molecule is Cc1ccc(CN2CCC(Cc3ccccc3)CC2)cc1N. The molecule has 1 saturated heterocycles. The maximum Gasteiger partial charge on any atom is 0.0346 e. The fourth-order valence-corrected chi connectivity index (χ4v) is 3.34. The van der Waals surface area contributed by atoms with Crippen molar-refractivity contribution in [1.82, 2.24) is 4.90 Å². The Kier molecular flexibility index (Phi) is 4.79. The summed E-state index contributed by atoms with van der Waals surface area (Å²) in [7, 11) is 0. The predicted octanol–water partition coefficient (Wildman–Crippen LogP) is 4.03. The molecule has 2 nitrogen and oxygen atoms in total. The lowest BCUT2D eigenvalue weighted by molar-refractivity contribution is 0.177. The van der Waals surface area contributed by atoms with E-state index < -0.39 is 0 Å². The van der Waals surface area contributed by atoms with Crippen molar-refractivity contribution in [3.8, 4) is 0 Å². The first-order valence-corrected chi connectivity index (χ1v) is 8.32. The van der Waals surface area contributed by atoms with Gasteiger partial charge in [0.1, 0.15) is 0 Å². The molecule has 2 heteroatoms. The van der Waals surface area contributed by atoms with E-state index in [2.05, 4.69) is 60.4 Å². The molecule has 0 radical (unpaired) electrons. The van der Waals surface area contributed by atoms with Crippen LogP contribution in [0, 0.1) is 12.8 Å². The third-order valence-electron chi connectivity index (χ3n) is 4.82. The second-order valence-electron chi connectivity index (χ2n) is 6.60. The van der Waals surface area contributed by atoms with Crippen molar-refractivity contribution in [2.75, 3.05) is 18.8 Å². The van der Waals surface area contributed by atoms with Gasteiger partial charge in [-0.1, -0.05) is 42.5 Å². The first-order chi connectivity index (χ1) is 10.7. The van der Waals surface area contributed by atoms with E-state index in [4.69, 9.17) is 5.73 Å². The number of piperidine rings is 1. The molecule has 0 spiro atoms. The summed E-state index contributed by atoms with van der Waals surface area (Å²) in [6, 6.07) is 17.4. The zero-order valence-corrected chi connectivity index (χ0v) is 13.5. The van der Waals surface area contributed by atoms with Crippen LogP contribution >= 0.6 is 0 Å². The van der Waals surface area contributed by atoms with Crippen molar-refractivity contribution in [3.63, 3.8) is 0 Å². The van der Waals surface area contributed by atoms with Gasteiger partial charge < -0.3 is 5.73 Å². The molecule has 2 N–H and O–H groups in total. The van der Waals surface area contributed by atoms with Crippen molar-refractivity contribution in [2.45, 2.75) is 32.7 Å². The number of likely N-dealkylation sites (tertiary alicyclic amines) is 1. The van der Waals surface area contributed by atoms with Crippen LogP contribution in [0.5, 0.6) is 0 Å². The quantitative estimate of drug-likeness (QED) is 0.863. The lowest BCUT2D eigenvalue weighted by Gasteiger charge is -2.32. The Morgan fingerprint density at radius 3 is 2.41 bits per heavy atom. The molecule has 2 aromatic carbocycles. The minimum atomic E-state index is 0.835. The van der Waals surface area contributed by atoms with Gasteiger partial charge in [-0.25, -0.2) is 0 Å². The molecule has 0 saturated carbocycles. The number of hydrogen-bond donors (Lipinski definition) is 1. The summed E-state index contributed by atoms with van der Waals surface area (Å²) < 4.78 is 0. The zero-order chi connectivity index (χ0) is 15.4. The standard InChI is InChI=1S/C20H26N2/c1-16-7-8-19(14-20(16)21)15-22-11-9-18(10-12-22)13-17-5-3-2-4-6-17/h2-8,14,18H,9-13,15,21H2,1H3. The Labute approximate surface area is 134 Å². The summed E-state index contributed by atoms with van der Waals surface area (Å²) in [6.07, 6.45) is 3.83. The van der Waals surface area contributed by atoms with Crippen LogP contribution in [0.4, 0.5) is 5.69 Å². The van der Waals surface area contributed by atoms with Gasteiger partial charge in [0.05, 0.1) is 0 Å². The van der Waals surface area contributed by atoms with Crippen LogP contribution in [-0.2, 0) is 13.0 Å². The smallest absolute Gasteiger partial charge is 0.0346 e. The van der Waals surface area contributed by atoms with Gasteiger partial charge >= 0.3 is 0 Å². The molecule has 0 amide bonds. The third kappa shape index (κ3) is 3.89. The topological polar surface area (TPSA) is 29.3 Å². The second-order valence-corrected chi connectivity index (χ2v) is 6.60. The molecule has 3 rings (SSSR count). The molecule has 22 heavy (non-hydrogen) atoms. The molecule has 0 unspecified atom stereocenters. The summed E-state index contributed by atoms with van der Waals surface area (Å²) in [5.41, 5.74) is 10.9. The number of aryl methyl sites for hydroxylation is 1. The highest BCUT2D eigenvalue weighted by molar-refractivity contribution is 5.48. The average molecular weight is 294 g/mol. The number of anilines is 1. The highest BCUT2D eigenvalue weighted by atomic mass is 15.1. The van der Waals surface area contributed by atoms with Crippen molar-refractivity contribution in [2.24, 2.45) is 5.92 Å². The van der Waals surface area contributed by atoms with Crippen molar-refractivity contribution in [3.05, 3.63) is 65.2 Å². The van der Waals surface area contributed by atoms with Gasteiger partial charge in [0.25, 0.3) is 0 Å². The maximum atomic E-state index is 6.02. The van der Waals surface area contributed by atoms with Crippen LogP contribution in [0.2, 0.25) is 0 Å². The zero-order valence-electron chi connectivity index (χ0n) is 13.5. The average Bonchev–Trinajstić information content (AvgIpc) is 2.54. The molecule has 1 aliphatic heterocycles. The largest absolute Gasteiger partial charge is 0.399 e. The summed E-state index contributed by atoms with van der Waals surface area (Å²) in [5.74, 6) is 0.835. The maximum absolute atomic E-state index is 6.02. The first kappa shape index (κ1) is 15.1. The predicted molar refractivity (Wildman–Crippen MR) is 93.7 cm³/mol. The van der Waals surface area contributed by atoms with Gasteiger partial charge in [0, 0.05) is 12.2 Å². The fourth-order valence-electron chi connectivity index (χ4n) is 3.34. The van der Waals surface area contributed by atoms with Crippen LogP contribution in [0.25, 0.3) is 0 Å². The Balaban J connectivity index is 1.50. The normalized spacial score (nSPS) is 16.8. The van der Waals surface area contributed by atoms with E-state index in [0.29, 0.717) is 0 Å². The number of rotatable bonds is 4. The van der Waals surface area contributed by atoms with E-state index in [9.17, 15) is 0 Å². The van der Waals surface area contributed by atoms with E-state index >= 15 is 0 Å². The molecule has 1 aliphatic rings. The van der Waals surface area contributed by atoms with Gasteiger partial charge in [0.15, 0.2) is 0 Å². The summed E-state index contributed by atoms with van der Waals surface area (Å²) in [6.45, 7) is 5.49. The number of hydrogen-bond acceptors (Lipinski definition) is 2. The van der Waals surface area contributed by atoms with Crippen LogP contribution in [0.1, 0.15) is 29.5 Å². The highest BCUT2D eigenvalue weighted by Crippen LogP contribution is 2.23. The molecule has 0 aromatic heterocycles. The molecule has 116 valence electrons. The fraction of sp³-hybridized carbons (Fsp3) is 0.400. The molecular weight excluding hydrogens is 268 g/mol. The molecule has 0 aliphatic carbocycles. The lowest BCUT2D eigenvalue weighted by atomic mass is 9.90. The number of nitrogens with zero attached hydrogens (tertiary/aromatic N) is 1. The van der Waals surface area contributed by atoms with Crippen LogP contribution < -0.4 is 5.73 Å². The summed E-state index contributed by atoms with van der Waals surface area (Å²) in [4.78, 5) is 2.56. The minimum absolute atomic E-state index is 0.835. The van der Waals surface area contributed by atoms with E-state index in [-0.39, 0.29) is 0 Å². The van der Waals surface area contributed by atoms with Gasteiger partial charge in [-0.3, -0.25) is 4.90 Å². The van der Waals surface area contributed by atoms with Crippen molar-refractivity contribution >= 4 is 5.69 Å². The molecule has 0 bridgehead atoms. The van der Waals surface area contributed by atoms with Gasteiger partial charge in [-0.15, -0.1) is 0 Å². The monoisotopic (exact) mass is 294 g/mol. The number of nitrogen functional groups attached to an aromatic ring is 1. The Bertz CT molecular complexity index is 598.